The average Bonchev–Trinajstić information content (AvgIpc) is 2.98. The topological polar surface area (TPSA) is 122 Å². The molecule has 1 aliphatic rings. The van der Waals surface area contributed by atoms with E-state index in [0.29, 0.717) is 33.7 Å². The lowest BCUT2D eigenvalue weighted by Gasteiger charge is -2.13. The van der Waals surface area contributed by atoms with Crippen molar-refractivity contribution < 1.29 is 14.3 Å². The van der Waals surface area contributed by atoms with E-state index in [0.717, 1.165) is 15.6 Å². The molecule has 1 aliphatic carbocycles. The van der Waals surface area contributed by atoms with Crippen LogP contribution in [0.1, 0.15) is 34.9 Å². The van der Waals surface area contributed by atoms with E-state index >= 15 is 0 Å². The van der Waals surface area contributed by atoms with Crippen molar-refractivity contribution in [3.63, 3.8) is 0 Å². The number of nitrogen functional groups attached to an aromatic ring is 1. The fourth-order valence-corrected chi connectivity index (χ4v) is 3.69. The van der Waals surface area contributed by atoms with Crippen LogP contribution >= 0.6 is 15.9 Å². The molecule has 1 heterocycles. The van der Waals surface area contributed by atoms with Gasteiger partial charge in [0.2, 0.25) is 0 Å². The fourth-order valence-electron chi connectivity index (χ4n) is 3.31. The number of halogens is 1. The molecule has 0 radical (unpaired) electrons. The number of allylic oxidation sites excluding steroid dienone is 3. The highest BCUT2D eigenvalue weighted by atomic mass is 79.9. The summed E-state index contributed by atoms with van der Waals surface area (Å²) in [6, 6.07) is 9.63. The molecule has 7 nitrogen and oxygen atoms in total. The molecular formula is C22H17BrN4O3. The van der Waals surface area contributed by atoms with E-state index in [1.54, 1.807) is 19.1 Å². The van der Waals surface area contributed by atoms with Crippen molar-refractivity contribution in [2.24, 2.45) is 0 Å². The standard InChI is InChI=1S/C22H17BrN4O3/c1-11-15(7-13-6-14(23)4-5-18(13)30-10-19(28)29-3)20-12(2)17(9-25)22(26)27-21(20)16(11)8-24/h4-7H,10H2,1-3H3,(H2,26,27)/b15-7-. The maximum Gasteiger partial charge on any atom is 0.343 e. The normalized spacial score (nSPS) is 13.6. The van der Waals surface area contributed by atoms with Crippen LogP contribution in [0.5, 0.6) is 5.75 Å². The maximum absolute atomic E-state index is 11.5. The second kappa shape index (κ2) is 8.40. The first kappa shape index (κ1) is 21.1. The summed E-state index contributed by atoms with van der Waals surface area (Å²) in [5.41, 5.74) is 10.6. The number of benzene rings is 1. The summed E-state index contributed by atoms with van der Waals surface area (Å²) in [7, 11) is 1.29. The van der Waals surface area contributed by atoms with Crippen molar-refractivity contribution in [3.05, 3.63) is 56.2 Å². The molecular weight excluding hydrogens is 448 g/mol. The van der Waals surface area contributed by atoms with Crippen LogP contribution in [0.25, 0.3) is 17.2 Å². The molecule has 2 aromatic rings. The quantitative estimate of drug-likeness (QED) is 0.677. The predicted octanol–water partition coefficient (Wildman–Crippen LogP) is 4.01. The number of pyridine rings is 1. The molecule has 0 aliphatic heterocycles. The zero-order valence-electron chi connectivity index (χ0n) is 16.5. The van der Waals surface area contributed by atoms with Crippen LogP contribution in [0, 0.1) is 29.6 Å². The number of esters is 1. The zero-order valence-corrected chi connectivity index (χ0v) is 18.1. The first-order valence-electron chi connectivity index (χ1n) is 8.85. The summed E-state index contributed by atoms with van der Waals surface area (Å²) < 4.78 is 11.1. The average molecular weight is 465 g/mol. The van der Waals surface area contributed by atoms with Crippen molar-refractivity contribution >= 4 is 44.9 Å². The van der Waals surface area contributed by atoms with Gasteiger partial charge in [0.25, 0.3) is 0 Å². The highest BCUT2D eigenvalue weighted by Gasteiger charge is 2.29. The molecule has 3 rings (SSSR count). The minimum Gasteiger partial charge on any atom is -0.481 e. The molecule has 0 amide bonds. The number of hydrogen-bond donors (Lipinski definition) is 1. The Balaban J connectivity index is 2.22. The van der Waals surface area contributed by atoms with Crippen LogP contribution in [-0.4, -0.2) is 24.7 Å². The van der Waals surface area contributed by atoms with E-state index in [2.05, 4.69) is 37.8 Å². The van der Waals surface area contributed by atoms with Gasteiger partial charge in [0, 0.05) is 15.6 Å². The van der Waals surface area contributed by atoms with Gasteiger partial charge < -0.3 is 15.2 Å². The van der Waals surface area contributed by atoms with Crippen molar-refractivity contribution in [2.75, 3.05) is 19.5 Å². The fraction of sp³-hybridized carbons (Fsp3) is 0.182. The van der Waals surface area contributed by atoms with Gasteiger partial charge in [-0.3, -0.25) is 0 Å². The van der Waals surface area contributed by atoms with E-state index in [4.69, 9.17) is 10.5 Å². The Hall–Kier alpha value is -3.62. The number of nitriles is 2. The van der Waals surface area contributed by atoms with Gasteiger partial charge >= 0.3 is 5.97 Å². The first-order valence-corrected chi connectivity index (χ1v) is 9.64. The van der Waals surface area contributed by atoms with Crippen LogP contribution < -0.4 is 10.5 Å². The molecule has 0 saturated carbocycles. The molecule has 0 unspecified atom stereocenters. The molecule has 0 saturated heterocycles. The van der Waals surface area contributed by atoms with Gasteiger partial charge in [-0.05, 0) is 54.8 Å². The number of rotatable bonds is 4. The molecule has 0 bridgehead atoms. The first-order chi connectivity index (χ1) is 14.3. The lowest BCUT2D eigenvalue weighted by Crippen LogP contribution is -2.13. The van der Waals surface area contributed by atoms with E-state index < -0.39 is 5.97 Å². The monoisotopic (exact) mass is 464 g/mol. The van der Waals surface area contributed by atoms with Gasteiger partial charge in [-0.25, -0.2) is 9.78 Å². The van der Waals surface area contributed by atoms with Crippen LogP contribution in [-0.2, 0) is 9.53 Å². The molecule has 0 fully saturated rings. The van der Waals surface area contributed by atoms with Gasteiger partial charge in [0.1, 0.15) is 23.7 Å². The highest BCUT2D eigenvalue weighted by molar-refractivity contribution is 9.10. The number of carbonyl (C=O) groups is 1. The number of methoxy groups -OCH3 is 1. The van der Waals surface area contributed by atoms with Crippen LogP contribution in [0.2, 0.25) is 0 Å². The van der Waals surface area contributed by atoms with Crippen LogP contribution in [0.15, 0.2) is 28.2 Å². The third-order valence-corrected chi connectivity index (χ3v) is 5.32. The number of nitrogens with zero attached hydrogens (tertiary/aromatic N) is 3. The number of fused-ring (bicyclic) bond motifs is 1. The molecule has 8 heteroatoms. The molecule has 150 valence electrons. The summed E-state index contributed by atoms with van der Waals surface area (Å²) >= 11 is 3.45. The number of ether oxygens (including phenoxy) is 2. The van der Waals surface area contributed by atoms with E-state index in [1.165, 1.54) is 7.11 Å². The molecule has 0 atom stereocenters. The Kier molecular flexibility index (Phi) is 5.91. The largest absolute Gasteiger partial charge is 0.481 e. The molecule has 1 aromatic carbocycles. The Morgan fingerprint density at radius 3 is 2.67 bits per heavy atom. The minimum atomic E-state index is -0.500. The van der Waals surface area contributed by atoms with Gasteiger partial charge in [0.05, 0.1) is 23.9 Å². The number of hydrogen-bond acceptors (Lipinski definition) is 7. The summed E-state index contributed by atoms with van der Waals surface area (Å²) in [6.45, 7) is 3.37. The summed E-state index contributed by atoms with van der Waals surface area (Å²) in [5.74, 6) is 0.0669. The third kappa shape index (κ3) is 3.66. The Morgan fingerprint density at radius 1 is 1.30 bits per heavy atom. The second-order valence-corrected chi connectivity index (χ2v) is 7.46. The number of carbonyl (C=O) groups excluding carboxylic acids is 1. The maximum atomic E-state index is 11.5. The molecule has 1 aromatic heterocycles. The number of aromatic nitrogens is 1. The SMILES string of the molecule is COC(=O)COc1ccc(Br)cc1/C=C1/C(C)=C(C#N)c2nc(N)c(C#N)c(C)c21. The van der Waals surface area contributed by atoms with Gasteiger partial charge in [-0.15, -0.1) is 0 Å². The van der Waals surface area contributed by atoms with Crippen molar-refractivity contribution in [1.82, 2.24) is 4.98 Å². The van der Waals surface area contributed by atoms with E-state index in [-0.39, 0.29) is 18.0 Å². The predicted molar refractivity (Wildman–Crippen MR) is 116 cm³/mol. The minimum absolute atomic E-state index is 0.0973. The Labute approximate surface area is 182 Å². The highest BCUT2D eigenvalue weighted by Crippen LogP contribution is 2.44. The Bertz CT molecular complexity index is 1220. The van der Waals surface area contributed by atoms with Crippen molar-refractivity contribution in [3.8, 4) is 17.9 Å². The van der Waals surface area contributed by atoms with Gasteiger partial charge in [0.15, 0.2) is 6.61 Å². The summed E-state index contributed by atoms with van der Waals surface area (Å²) in [6.07, 6.45) is 1.85. The lowest BCUT2D eigenvalue weighted by molar-refractivity contribution is -0.142. The molecule has 0 spiro atoms. The zero-order chi connectivity index (χ0) is 22.0. The Morgan fingerprint density at radius 2 is 2.03 bits per heavy atom. The molecule has 30 heavy (non-hydrogen) atoms. The van der Waals surface area contributed by atoms with Crippen LogP contribution in [0.3, 0.4) is 0 Å². The van der Waals surface area contributed by atoms with Crippen molar-refractivity contribution in [1.29, 1.82) is 10.5 Å². The number of nitrogens with two attached hydrogens (primary N) is 1. The summed E-state index contributed by atoms with van der Waals surface area (Å²) in [4.78, 5) is 15.8. The van der Waals surface area contributed by atoms with E-state index in [9.17, 15) is 15.3 Å². The lowest BCUT2D eigenvalue weighted by atomic mass is 9.95. The third-order valence-electron chi connectivity index (χ3n) is 4.83. The molecule has 2 N–H and O–H groups in total. The van der Waals surface area contributed by atoms with Crippen molar-refractivity contribution in [2.45, 2.75) is 13.8 Å². The second-order valence-electron chi connectivity index (χ2n) is 6.55. The number of anilines is 1. The smallest absolute Gasteiger partial charge is 0.343 e. The van der Waals surface area contributed by atoms with Gasteiger partial charge in [-0.1, -0.05) is 15.9 Å². The van der Waals surface area contributed by atoms with Crippen LogP contribution in [0.4, 0.5) is 5.82 Å². The van der Waals surface area contributed by atoms with E-state index in [1.807, 2.05) is 19.1 Å². The van der Waals surface area contributed by atoms with Gasteiger partial charge in [-0.2, -0.15) is 10.5 Å². The summed E-state index contributed by atoms with van der Waals surface area (Å²) in [5, 5.41) is 19.2.